The number of benzene rings is 2. The SMILES string of the molecule is CCc1c(Br)cc(C(F)(F)F)cc1C(=O)c1ccccc1C(=O)O. The fourth-order valence-electron chi connectivity index (χ4n) is 2.37. The molecule has 0 amide bonds. The van der Waals surface area contributed by atoms with Gasteiger partial charge >= 0.3 is 12.1 Å². The third-order valence-corrected chi connectivity index (χ3v) is 4.23. The van der Waals surface area contributed by atoms with Crippen LogP contribution in [-0.4, -0.2) is 16.9 Å². The van der Waals surface area contributed by atoms with E-state index in [-0.39, 0.29) is 21.2 Å². The van der Waals surface area contributed by atoms with Crippen LogP contribution in [0.1, 0.15) is 44.3 Å². The van der Waals surface area contributed by atoms with Crippen molar-refractivity contribution in [1.29, 1.82) is 0 Å². The molecule has 0 spiro atoms. The van der Waals surface area contributed by atoms with Gasteiger partial charge in [0.25, 0.3) is 0 Å². The summed E-state index contributed by atoms with van der Waals surface area (Å²) in [5.41, 5.74) is -1.13. The quantitative estimate of drug-likeness (QED) is 0.737. The van der Waals surface area contributed by atoms with E-state index in [1.165, 1.54) is 24.3 Å². The van der Waals surface area contributed by atoms with Crippen molar-refractivity contribution in [1.82, 2.24) is 0 Å². The minimum Gasteiger partial charge on any atom is -0.478 e. The Kier molecular flexibility index (Phi) is 5.13. The van der Waals surface area contributed by atoms with Crippen LogP contribution < -0.4 is 0 Å². The van der Waals surface area contributed by atoms with E-state index in [0.717, 1.165) is 12.1 Å². The monoisotopic (exact) mass is 400 g/mol. The van der Waals surface area contributed by atoms with Crippen LogP contribution >= 0.6 is 15.9 Å². The number of carboxylic acid groups (broad SMARTS) is 1. The molecule has 0 radical (unpaired) electrons. The molecule has 0 aromatic heterocycles. The first-order valence-corrected chi connectivity index (χ1v) is 7.72. The fraction of sp³-hybridized carbons (Fsp3) is 0.176. The Labute approximate surface area is 144 Å². The summed E-state index contributed by atoms with van der Waals surface area (Å²) in [6.07, 6.45) is -4.30. The van der Waals surface area contributed by atoms with Crippen molar-refractivity contribution in [3.8, 4) is 0 Å². The van der Waals surface area contributed by atoms with Gasteiger partial charge in [-0.3, -0.25) is 4.79 Å². The zero-order valence-electron chi connectivity index (χ0n) is 12.4. The summed E-state index contributed by atoms with van der Waals surface area (Å²) in [7, 11) is 0. The first-order valence-electron chi connectivity index (χ1n) is 6.93. The van der Waals surface area contributed by atoms with Crippen LogP contribution in [0.25, 0.3) is 0 Å². The maximum absolute atomic E-state index is 13.0. The van der Waals surface area contributed by atoms with Crippen LogP contribution in [0.5, 0.6) is 0 Å². The molecule has 3 nitrogen and oxygen atoms in total. The normalized spacial score (nSPS) is 11.4. The third kappa shape index (κ3) is 3.51. The van der Waals surface area contributed by atoms with Crippen LogP contribution in [0.4, 0.5) is 13.2 Å². The zero-order chi connectivity index (χ0) is 18.1. The minimum absolute atomic E-state index is 0.147. The highest BCUT2D eigenvalue weighted by molar-refractivity contribution is 9.10. The van der Waals surface area contributed by atoms with Crippen molar-refractivity contribution in [2.24, 2.45) is 0 Å². The molecule has 126 valence electrons. The Morgan fingerprint density at radius 1 is 1.08 bits per heavy atom. The third-order valence-electron chi connectivity index (χ3n) is 3.52. The summed E-state index contributed by atoms with van der Waals surface area (Å²) >= 11 is 3.07. The Morgan fingerprint density at radius 3 is 2.17 bits per heavy atom. The van der Waals surface area contributed by atoms with Crippen LogP contribution in [0.3, 0.4) is 0 Å². The Bertz CT molecular complexity index is 813. The number of rotatable bonds is 4. The molecule has 0 atom stereocenters. The summed E-state index contributed by atoms with van der Waals surface area (Å²) in [6, 6.07) is 7.13. The lowest BCUT2D eigenvalue weighted by Gasteiger charge is -2.15. The second kappa shape index (κ2) is 6.76. The number of alkyl halides is 3. The predicted octanol–water partition coefficient (Wildman–Crippen LogP) is 4.96. The van der Waals surface area contributed by atoms with Gasteiger partial charge in [-0.25, -0.2) is 4.79 Å². The first kappa shape index (κ1) is 18.2. The summed E-state index contributed by atoms with van der Waals surface area (Å²) in [5, 5.41) is 9.18. The smallest absolute Gasteiger partial charge is 0.416 e. The lowest BCUT2D eigenvalue weighted by atomic mass is 9.92. The van der Waals surface area contributed by atoms with Gasteiger partial charge in [-0.2, -0.15) is 13.2 Å². The average Bonchev–Trinajstić information content (AvgIpc) is 2.52. The molecular weight excluding hydrogens is 389 g/mol. The van der Waals surface area contributed by atoms with Gasteiger partial charge in [0.1, 0.15) is 0 Å². The second-order valence-corrected chi connectivity index (χ2v) is 5.87. The molecule has 2 aromatic carbocycles. The molecule has 0 aliphatic carbocycles. The molecule has 0 heterocycles. The highest BCUT2D eigenvalue weighted by Crippen LogP contribution is 2.35. The van der Waals surface area contributed by atoms with E-state index in [1.807, 2.05) is 0 Å². The topological polar surface area (TPSA) is 54.4 Å². The number of carboxylic acids is 1. The van der Waals surface area contributed by atoms with Crippen LogP contribution in [-0.2, 0) is 12.6 Å². The Morgan fingerprint density at radius 2 is 1.67 bits per heavy atom. The zero-order valence-corrected chi connectivity index (χ0v) is 14.0. The molecule has 7 heteroatoms. The maximum atomic E-state index is 13.0. The molecule has 2 rings (SSSR count). The first-order chi connectivity index (χ1) is 11.2. The molecule has 0 aliphatic rings. The molecule has 1 N–H and O–H groups in total. The molecule has 0 bridgehead atoms. The minimum atomic E-state index is -4.61. The van der Waals surface area contributed by atoms with Gasteiger partial charge in [-0.05, 0) is 30.2 Å². The van der Waals surface area contributed by atoms with Gasteiger partial charge in [0, 0.05) is 15.6 Å². The van der Waals surface area contributed by atoms with E-state index < -0.39 is 23.5 Å². The summed E-state index contributed by atoms with van der Waals surface area (Å²) in [4.78, 5) is 24.0. The van der Waals surface area contributed by atoms with Crippen molar-refractivity contribution >= 4 is 27.7 Å². The predicted molar refractivity (Wildman–Crippen MR) is 85.4 cm³/mol. The molecule has 24 heavy (non-hydrogen) atoms. The maximum Gasteiger partial charge on any atom is 0.416 e. The average molecular weight is 401 g/mol. The van der Waals surface area contributed by atoms with Crippen molar-refractivity contribution < 1.29 is 27.9 Å². The number of hydrogen-bond donors (Lipinski definition) is 1. The van der Waals surface area contributed by atoms with E-state index in [0.29, 0.717) is 12.0 Å². The van der Waals surface area contributed by atoms with Crippen molar-refractivity contribution in [2.45, 2.75) is 19.5 Å². The molecule has 0 fully saturated rings. The molecule has 2 aromatic rings. The summed E-state index contributed by atoms with van der Waals surface area (Å²) in [6.45, 7) is 1.70. The Hall–Kier alpha value is -2.15. The van der Waals surface area contributed by atoms with Crippen LogP contribution in [0, 0.1) is 0 Å². The molecule has 0 saturated carbocycles. The van der Waals surface area contributed by atoms with E-state index in [9.17, 15) is 27.9 Å². The van der Waals surface area contributed by atoms with Gasteiger partial charge in [-0.15, -0.1) is 0 Å². The van der Waals surface area contributed by atoms with Gasteiger partial charge in [0.15, 0.2) is 5.78 Å². The Balaban J connectivity index is 2.69. The standard InChI is InChI=1S/C17H12BrF3O3/c1-2-10-13(7-9(8-14(10)18)17(19,20)21)15(22)11-5-3-4-6-12(11)16(23)24/h3-8H,2H2,1H3,(H,23,24). The lowest BCUT2D eigenvalue weighted by Crippen LogP contribution is -2.14. The van der Waals surface area contributed by atoms with Gasteiger partial charge in [0.05, 0.1) is 11.1 Å². The van der Waals surface area contributed by atoms with E-state index in [2.05, 4.69) is 15.9 Å². The highest BCUT2D eigenvalue weighted by atomic mass is 79.9. The summed E-state index contributed by atoms with van der Waals surface area (Å²) < 4.78 is 39.3. The van der Waals surface area contributed by atoms with Gasteiger partial charge in [0.2, 0.25) is 0 Å². The number of hydrogen-bond acceptors (Lipinski definition) is 2. The number of aromatic carboxylic acids is 1. The van der Waals surface area contributed by atoms with Gasteiger partial charge in [-0.1, -0.05) is 41.1 Å². The second-order valence-electron chi connectivity index (χ2n) is 5.02. The number of carbonyl (C=O) groups excluding carboxylic acids is 1. The largest absolute Gasteiger partial charge is 0.478 e. The van der Waals surface area contributed by atoms with Gasteiger partial charge < -0.3 is 5.11 Å². The van der Waals surface area contributed by atoms with E-state index >= 15 is 0 Å². The summed E-state index contributed by atoms with van der Waals surface area (Å²) in [5.74, 6) is -2.07. The van der Waals surface area contributed by atoms with E-state index in [1.54, 1.807) is 6.92 Å². The van der Waals surface area contributed by atoms with Crippen molar-refractivity contribution in [3.63, 3.8) is 0 Å². The number of ketones is 1. The molecule has 0 aliphatic heterocycles. The molecule has 0 unspecified atom stereocenters. The number of halogens is 4. The molecular formula is C17H12BrF3O3. The van der Waals surface area contributed by atoms with Crippen molar-refractivity contribution in [3.05, 3.63) is 68.7 Å². The van der Waals surface area contributed by atoms with E-state index in [4.69, 9.17) is 0 Å². The van der Waals surface area contributed by atoms with Crippen molar-refractivity contribution in [2.75, 3.05) is 0 Å². The highest BCUT2D eigenvalue weighted by Gasteiger charge is 2.33. The lowest BCUT2D eigenvalue weighted by molar-refractivity contribution is -0.137. The number of carbonyl (C=O) groups is 2. The molecule has 0 saturated heterocycles. The fourth-order valence-corrected chi connectivity index (χ4v) is 3.12. The van der Waals surface area contributed by atoms with Crippen LogP contribution in [0.2, 0.25) is 0 Å². The van der Waals surface area contributed by atoms with Crippen LogP contribution in [0.15, 0.2) is 40.9 Å².